The molecule has 4 heteroatoms. The Kier molecular flexibility index (Phi) is 7.65. The Morgan fingerprint density at radius 3 is 2.52 bits per heavy atom. The SMILES string of the molecule is CCOC(=O)/C=C/c1cccc(C(=CCN2CCCC2)c2ccc(OC)cc2)c1. The standard InChI is InChI=1S/C25H29NO3/c1-3-29-25(27)14-9-20-7-6-8-22(19-20)24(15-18-26-16-4-5-17-26)21-10-12-23(28-2)13-11-21/h6-15,19H,3-5,16-18H2,1-2H3/b14-9+,24-15?. The summed E-state index contributed by atoms with van der Waals surface area (Å²) in [5, 5.41) is 0. The van der Waals surface area contributed by atoms with Crippen LogP contribution in [0.3, 0.4) is 0 Å². The topological polar surface area (TPSA) is 38.8 Å². The van der Waals surface area contributed by atoms with Crippen LogP contribution in [0, 0.1) is 0 Å². The van der Waals surface area contributed by atoms with Gasteiger partial charge < -0.3 is 9.47 Å². The number of carbonyl (C=O) groups excluding carboxylic acids is 1. The summed E-state index contributed by atoms with van der Waals surface area (Å²) in [6.45, 7) is 5.44. The fraction of sp³-hybridized carbons (Fsp3) is 0.320. The maximum Gasteiger partial charge on any atom is 0.330 e. The van der Waals surface area contributed by atoms with Gasteiger partial charge >= 0.3 is 5.97 Å². The van der Waals surface area contributed by atoms with Gasteiger partial charge in [-0.15, -0.1) is 0 Å². The van der Waals surface area contributed by atoms with Crippen LogP contribution >= 0.6 is 0 Å². The van der Waals surface area contributed by atoms with Gasteiger partial charge in [0.15, 0.2) is 0 Å². The van der Waals surface area contributed by atoms with Crippen molar-refractivity contribution in [1.82, 2.24) is 4.90 Å². The number of nitrogens with zero attached hydrogens (tertiary/aromatic N) is 1. The summed E-state index contributed by atoms with van der Waals surface area (Å²) in [4.78, 5) is 14.1. The van der Waals surface area contributed by atoms with Gasteiger partial charge in [-0.3, -0.25) is 4.90 Å². The fourth-order valence-electron chi connectivity index (χ4n) is 3.52. The maximum atomic E-state index is 11.6. The average molecular weight is 392 g/mol. The Hall–Kier alpha value is -2.85. The molecule has 0 amide bonds. The number of likely N-dealkylation sites (tertiary alicyclic amines) is 1. The van der Waals surface area contributed by atoms with E-state index in [1.54, 1.807) is 20.1 Å². The highest BCUT2D eigenvalue weighted by molar-refractivity contribution is 5.87. The first-order valence-electron chi connectivity index (χ1n) is 10.2. The van der Waals surface area contributed by atoms with Gasteiger partial charge in [0, 0.05) is 12.6 Å². The van der Waals surface area contributed by atoms with Crippen LogP contribution in [0.1, 0.15) is 36.5 Å². The Morgan fingerprint density at radius 2 is 1.83 bits per heavy atom. The van der Waals surface area contributed by atoms with Gasteiger partial charge in [0.1, 0.15) is 5.75 Å². The molecule has 29 heavy (non-hydrogen) atoms. The lowest BCUT2D eigenvalue weighted by Gasteiger charge is -2.15. The molecule has 0 spiro atoms. The van der Waals surface area contributed by atoms with Crippen LogP contribution in [-0.4, -0.2) is 44.2 Å². The molecule has 0 bridgehead atoms. The van der Waals surface area contributed by atoms with Gasteiger partial charge in [0.25, 0.3) is 0 Å². The van der Waals surface area contributed by atoms with Crippen molar-refractivity contribution in [2.45, 2.75) is 19.8 Å². The van der Waals surface area contributed by atoms with Gasteiger partial charge in [-0.25, -0.2) is 4.79 Å². The Labute approximate surface area is 173 Å². The van der Waals surface area contributed by atoms with E-state index in [0.717, 1.165) is 42.1 Å². The molecule has 0 aromatic heterocycles. The van der Waals surface area contributed by atoms with Crippen molar-refractivity contribution < 1.29 is 14.3 Å². The van der Waals surface area contributed by atoms with E-state index in [4.69, 9.17) is 9.47 Å². The van der Waals surface area contributed by atoms with E-state index in [-0.39, 0.29) is 5.97 Å². The van der Waals surface area contributed by atoms with Crippen LogP contribution in [0.15, 0.2) is 60.7 Å². The third kappa shape index (κ3) is 6.06. The molecule has 0 unspecified atom stereocenters. The number of esters is 1. The average Bonchev–Trinajstić information content (AvgIpc) is 3.27. The summed E-state index contributed by atoms with van der Waals surface area (Å²) in [6.07, 6.45) is 8.14. The first-order valence-corrected chi connectivity index (χ1v) is 10.2. The summed E-state index contributed by atoms with van der Waals surface area (Å²) >= 11 is 0. The van der Waals surface area contributed by atoms with E-state index < -0.39 is 0 Å². The number of benzene rings is 2. The lowest BCUT2D eigenvalue weighted by Crippen LogP contribution is -2.19. The summed E-state index contributed by atoms with van der Waals surface area (Å²) in [6, 6.07) is 16.4. The summed E-state index contributed by atoms with van der Waals surface area (Å²) in [5.41, 5.74) is 4.43. The molecule has 4 nitrogen and oxygen atoms in total. The van der Waals surface area contributed by atoms with E-state index in [0.29, 0.717) is 6.61 Å². The third-order valence-electron chi connectivity index (χ3n) is 5.05. The molecule has 1 fully saturated rings. The van der Waals surface area contributed by atoms with Crippen molar-refractivity contribution in [3.8, 4) is 5.75 Å². The molecule has 152 valence electrons. The molecule has 0 N–H and O–H groups in total. The fourth-order valence-corrected chi connectivity index (χ4v) is 3.52. The monoisotopic (exact) mass is 391 g/mol. The van der Waals surface area contributed by atoms with Crippen LogP contribution in [-0.2, 0) is 9.53 Å². The molecule has 0 aliphatic carbocycles. The van der Waals surface area contributed by atoms with Gasteiger partial charge in [-0.2, -0.15) is 0 Å². The lowest BCUT2D eigenvalue weighted by atomic mass is 9.95. The Bertz CT molecular complexity index is 862. The van der Waals surface area contributed by atoms with Crippen LogP contribution in [0.2, 0.25) is 0 Å². The van der Waals surface area contributed by atoms with Crippen LogP contribution in [0.25, 0.3) is 11.6 Å². The highest BCUT2D eigenvalue weighted by Crippen LogP contribution is 2.27. The number of methoxy groups -OCH3 is 1. The molecule has 1 aliphatic rings. The van der Waals surface area contributed by atoms with Crippen LogP contribution < -0.4 is 4.74 Å². The minimum absolute atomic E-state index is 0.321. The van der Waals surface area contributed by atoms with Crippen molar-refractivity contribution in [3.63, 3.8) is 0 Å². The number of hydrogen-bond acceptors (Lipinski definition) is 4. The van der Waals surface area contributed by atoms with E-state index in [9.17, 15) is 4.79 Å². The number of hydrogen-bond donors (Lipinski definition) is 0. The summed E-state index contributed by atoms with van der Waals surface area (Å²) in [7, 11) is 1.68. The predicted octanol–water partition coefficient (Wildman–Crippen LogP) is 4.80. The minimum atomic E-state index is -0.321. The highest BCUT2D eigenvalue weighted by atomic mass is 16.5. The molecular weight excluding hydrogens is 362 g/mol. The predicted molar refractivity (Wildman–Crippen MR) is 118 cm³/mol. The molecule has 3 rings (SSSR count). The second kappa shape index (κ2) is 10.6. The van der Waals surface area contributed by atoms with Crippen molar-refractivity contribution in [3.05, 3.63) is 77.4 Å². The number of ether oxygens (including phenoxy) is 2. The second-order valence-corrected chi connectivity index (χ2v) is 7.06. The first kappa shape index (κ1) is 20.9. The number of carbonyl (C=O) groups is 1. The van der Waals surface area contributed by atoms with Gasteiger partial charge in [-0.1, -0.05) is 36.4 Å². The lowest BCUT2D eigenvalue weighted by molar-refractivity contribution is -0.137. The Morgan fingerprint density at radius 1 is 1.07 bits per heavy atom. The molecular formula is C25H29NO3. The smallest absolute Gasteiger partial charge is 0.330 e. The van der Waals surface area contributed by atoms with Crippen LogP contribution in [0.4, 0.5) is 0 Å². The first-order chi connectivity index (χ1) is 14.2. The molecule has 2 aromatic rings. The Balaban J connectivity index is 1.89. The molecule has 1 aliphatic heterocycles. The molecule has 1 heterocycles. The molecule has 0 atom stereocenters. The van der Waals surface area contributed by atoms with E-state index in [1.165, 1.54) is 24.5 Å². The maximum absolute atomic E-state index is 11.6. The molecule has 0 saturated carbocycles. The van der Waals surface area contributed by atoms with Crippen molar-refractivity contribution in [2.24, 2.45) is 0 Å². The van der Waals surface area contributed by atoms with E-state index in [1.807, 2.05) is 24.3 Å². The minimum Gasteiger partial charge on any atom is -0.497 e. The molecule has 1 saturated heterocycles. The molecule has 2 aromatic carbocycles. The van der Waals surface area contributed by atoms with Crippen molar-refractivity contribution >= 4 is 17.6 Å². The molecule has 0 radical (unpaired) electrons. The summed E-state index contributed by atoms with van der Waals surface area (Å²) in [5.74, 6) is 0.525. The summed E-state index contributed by atoms with van der Waals surface area (Å²) < 4.78 is 10.3. The zero-order valence-corrected chi connectivity index (χ0v) is 17.3. The van der Waals surface area contributed by atoms with Gasteiger partial charge in [0.2, 0.25) is 0 Å². The van der Waals surface area contributed by atoms with Gasteiger partial charge in [0.05, 0.1) is 13.7 Å². The zero-order chi connectivity index (χ0) is 20.5. The highest BCUT2D eigenvalue weighted by Gasteiger charge is 2.12. The normalized spacial score (nSPS) is 15.0. The van der Waals surface area contributed by atoms with Crippen molar-refractivity contribution in [2.75, 3.05) is 33.4 Å². The van der Waals surface area contributed by atoms with Crippen LogP contribution in [0.5, 0.6) is 5.75 Å². The second-order valence-electron chi connectivity index (χ2n) is 7.06. The zero-order valence-electron chi connectivity index (χ0n) is 17.3. The number of rotatable bonds is 8. The van der Waals surface area contributed by atoms with E-state index in [2.05, 4.69) is 35.2 Å². The quantitative estimate of drug-likeness (QED) is 0.479. The van der Waals surface area contributed by atoms with Gasteiger partial charge in [-0.05, 0) is 79.4 Å². The largest absolute Gasteiger partial charge is 0.497 e. The van der Waals surface area contributed by atoms with E-state index >= 15 is 0 Å². The third-order valence-corrected chi connectivity index (χ3v) is 5.05. The van der Waals surface area contributed by atoms with Crippen molar-refractivity contribution in [1.29, 1.82) is 0 Å².